The Morgan fingerprint density at radius 2 is 1.81 bits per heavy atom. The lowest BCUT2D eigenvalue weighted by molar-refractivity contribution is 0.0769. The molecule has 1 amide bonds. The third-order valence-corrected chi connectivity index (χ3v) is 4.46. The number of rotatable bonds is 4. The highest BCUT2D eigenvalue weighted by molar-refractivity contribution is 5.98. The minimum absolute atomic E-state index is 0.0870. The Balaban J connectivity index is 1.51. The summed E-state index contributed by atoms with van der Waals surface area (Å²) in [5.74, 6) is 0.847. The zero-order valence-electron chi connectivity index (χ0n) is 15.2. The fraction of sp³-hybridized carbons (Fsp3) is 0.136. The van der Waals surface area contributed by atoms with Crippen molar-refractivity contribution >= 4 is 16.7 Å². The summed E-state index contributed by atoms with van der Waals surface area (Å²) in [6.45, 7) is 2.27. The van der Waals surface area contributed by atoms with Gasteiger partial charge < -0.3 is 9.42 Å². The number of amides is 1. The van der Waals surface area contributed by atoms with E-state index in [1.807, 2.05) is 73.7 Å². The molecule has 4 rings (SSSR count). The first-order chi connectivity index (χ1) is 13.1. The summed E-state index contributed by atoms with van der Waals surface area (Å²) < 4.78 is 5.33. The lowest BCUT2D eigenvalue weighted by Crippen LogP contribution is -2.26. The number of carbonyl (C=O) groups excluding carboxylic acids is 1. The Morgan fingerprint density at radius 3 is 2.63 bits per heavy atom. The van der Waals surface area contributed by atoms with Gasteiger partial charge in [-0.15, -0.1) is 0 Å². The Bertz CT molecular complexity index is 1120. The lowest BCUT2D eigenvalue weighted by atomic mass is 10.1. The summed E-state index contributed by atoms with van der Waals surface area (Å²) in [4.78, 5) is 18.7. The summed E-state index contributed by atoms with van der Waals surface area (Å²) in [7, 11) is 1.73. The molecule has 0 bridgehead atoms. The Hall–Kier alpha value is -3.47. The largest absolute Gasteiger partial charge is 0.337 e. The van der Waals surface area contributed by atoms with Gasteiger partial charge >= 0.3 is 0 Å². The molecular formula is C22H19N3O2. The first-order valence-electron chi connectivity index (χ1n) is 8.74. The minimum atomic E-state index is -0.0870. The molecule has 5 nitrogen and oxygen atoms in total. The fourth-order valence-electron chi connectivity index (χ4n) is 3.04. The van der Waals surface area contributed by atoms with Crippen LogP contribution in [0.15, 0.2) is 71.3 Å². The molecule has 0 saturated carbocycles. The molecule has 134 valence electrons. The third kappa shape index (κ3) is 3.58. The minimum Gasteiger partial charge on any atom is -0.337 e. The summed E-state index contributed by atoms with van der Waals surface area (Å²) in [5, 5.41) is 6.18. The van der Waals surface area contributed by atoms with Crippen molar-refractivity contribution in [1.82, 2.24) is 15.0 Å². The molecule has 0 aliphatic rings. The highest BCUT2D eigenvalue weighted by atomic mass is 16.5. The smallest absolute Gasteiger partial charge is 0.254 e. The van der Waals surface area contributed by atoms with Crippen LogP contribution in [0.2, 0.25) is 0 Å². The zero-order valence-corrected chi connectivity index (χ0v) is 15.2. The Labute approximate surface area is 157 Å². The SMILES string of the molecule is Cc1cccc(-c2noc(CN(C)C(=O)c3ccc4ccccc4c3)n2)c1. The van der Waals surface area contributed by atoms with Gasteiger partial charge in [0, 0.05) is 18.2 Å². The molecule has 0 atom stereocenters. The molecule has 0 N–H and O–H groups in total. The number of hydrogen-bond donors (Lipinski definition) is 0. The monoisotopic (exact) mass is 357 g/mol. The van der Waals surface area contributed by atoms with Crippen molar-refractivity contribution in [3.05, 3.63) is 83.7 Å². The molecule has 0 aliphatic carbocycles. The van der Waals surface area contributed by atoms with Crippen LogP contribution in [0.25, 0.3) is 22.2 Å². The van der Waals surface area contributed by atoms with Crippen LogP contribution >= 0.6 is 0 Å². The van der Waals surface area contributed by atoms with Crippen LogP contribution in [-0.4, -0.2) is 28.0 Å². The summed E-state index contributed by atoms with van der Waals surface area (Å²) in [6.07, 6.45) is 0. The number of aromatic nitrogens is 2. The first-order valence-corrected chi connectivity index (χ1v) is 8.74. The molecule has 3 aromatic carbocycles. The van der Waals surface area contributed by atoms with Crippen LogP contribution in [0.1, 0.15) is 21.8 Å². The summed E-state index contributed by atoms with van der Waals surface area (Å²) >= 11 is 0. The van der Waals surface area contributed by atoms with Crippen molar-refractivity contribution in [2.75, 3.05) is 7.05 Å². The Morgan fingerprint density at radius 1 is 1.00 bits per heavy atom. The molecule has 0 saturated heterocycles. The summed E-state index contributed by atoms with van der Waals surface area (Å²) in [5.41, 5.74) is 2.66. The predicted molar refractivity (Wildman–Crippen MR) is 104 cm³/mol. The average Bonchev–Trinajstić information content (AvgIpc) is 3.15. The van der Waals surface area contributed by atoms with Crippen molar-refractivity contribution in [3.8, 4) is 11.4 Å². The molecule has 1 aromatic heterocycles. The van der Waals surface area contributed by atoms with E-state index in [0.717, 1.165) is 21.9 Å². The average molecular weight is 357 g/mol. The van der Waals surface area contributed by atoms with E-state index in [4.69, 9.17) is 4.52 Å². The maximum atomic E-state index is 12.8. The second kappa shape index (κ2) is 7.03. The number of hydrogen-bond acceptors (Lipinski definition) is 4. The van der Waals surface area contributed by atoms with Crippen molar-refractivity contribution in [3.63, 3.8) is 0 Å². The van der Waals surface area contributed by atoms with E-state index in [9.17, 15) is 4.79 Å². The van der Waals surface area contributed by atoms with E-state index < -0.39 is 0 Å². The molecule has 0 aliphatic heterocycles. The molecule has 0 unspecified atom stereocenters. The molecule has 4 aromatic rings. The Kier molecular flexibility index (Phi) is 4.42. The van der Waals surface area contributed by atoms with Gasteiger partial charge in [0.2, 0.25) is 11.7 Å². The molecule has 1 heterocycles. The topological polar surface area (TPSA) is 59.2 Å². The highest BCUT2D eigenvalue weighted by Gasteiger charge is 2.16. The lowest BCUT2D eigenvalue weighted by Gasteiger charge is -2.15. The van der Waals surface area contributed by atoms with Crippen molar-refractivity contribution in [2.24, 2.45) is 0 Å². The van der Waals surface area contributed by atoms with Crippen LogP contribution in [0.4, 0.5) is 0 Å². The van der Waals surface area contributed by atoms with Gasteiger partial charge in [-0.1, -0.05) is 59.3 Å². The van der Waals surface area contributed by atoms with Crippen LogP contribution in [0.3, 0.4) is 0 Å². The molecule has 0 fully saturated rings. The number of carbonyl (C=O) groups is 1. The van der Waals surface area contributed by atoms with Crippen molar-refractivity contribution in [2.45, 2.75) is 13.5 Å². The van der Waals surface area contributed by atoms with E-state index in [-0.39, 0.29) is 12.5 Å². The van der Waals surface area contributed by atoms with Crippen LogP contribution in [-0.2, 0) is 6.54 Å². The van der Waals surface area contributed by atoms with Crippen molar-refractivity contribution < 1.29 is 9.32 Å². The second-order valence-corrected chi connectivity index (χ2v) is 6.60. The molecular weight excluding hydrogens is 338 g/mol. The number of aryl methyl sites for hydroxylation is 1. The van der Waals surface area contributed by atoms with Crippen molar-refractivity contribution in [1.29, 1.82) is 0 Å². The second-order valence-electron chi connectivity index (χ2n) is 6.60. The quantitative estimate of drug-likeness (QED) is 0.541. The van der Waals surface area contributed by atoms with Gasteiger partial charge in [-0.05, 0) is 35.9 Å². The molecule has 5 heteroatoms. The number of nitrogens with zero attached hydrogens (tertiary/aromatic N) is 3. The van der Waals surface area contributed by atoms with E-state index in [0.29, 0.717) is 17.3 Å². The van der Waals surface area contributed by atoms with E-state index >= 15 is 0 Å². The van der Waals surface area contributed by atoms with E-state index in [1.165, 1.54) is 0 Å². The molecule has 0 spiro atoms. The third-order valence-electron chi connectivity index (χ3n) is 4.46. The van der Waals surface area contributed by atoms with Gasteiger partial charge in [0.05, 0.1) is 6.54 Å². The summed E-state index contributed by atoms with van der Waals surface area (Å²) in [6, 6.07) is 21.6. The normalized spacial score (nSPS) is 10.9. The number of benzene rings is 3. The van der Waals surface area contributed by atoms with Gasteiger partial charge in [-0.25, -0.2) is 0 Å². The van der Waals surface area contributed by atoms with Gasteiger partial charge in [0.15, 0.2) is 0 Å². The molecule has 0 radical (unpaired) electrons. The van der Waals surface area contributed by atoms with Crippen LogP contribution < -0.4 is 0 Å². The molecule has 27 heavy (non-hydrogen) atoms. The maximum absolute atomic E-state index is 12.8. The maximum Gasteiger partial charge on any atom is 0.254 e. The van der Waals surface area contributed by atoms with Crippen LogP contribution in [0.5, 0.6) is 0 Å². The highest BCUT2D eigenvalue weighted by Crippen LogP contribution is 2.19. The zero-order chi connectivity index (χ0) is 18.8. The first kappa shape index (κ1) is 17.0. The van der Waals surface area contributed by atoms with Crippen LogP contribution in [0, 0.1) is 6.92 Å². The van der Waals surface area contributed by atoms with Gasteiger partial charge in [-0.3, -0.25) is 4.79 Å². The van der Waals surface area contributed by atoms with Gasteiger partial charge in [-0.2, -0.15) is 4.98 Å². The fourth-order valence-corrected chi connectivity index (χ4v) is 3.04. The van der Waals surface area contributed by atoms with E-state index in [2.05, 4.69) is 10.1 Å². The van der Waals surface area contributed by atoms with Gasteiger partial charge in [0.25, 0.3) is 5.91 Å². The predicted octanol–water partition coefficient (Wildman–Crippen LogP) is 4.47. The van der Waals surface area contributed by atoms with E-state index in [1.54, 1.807) is 11.9 Å². The van der Waals surface area contributed by atoms with Gasteiger partial charge in [0.1, 0.15) is 0 Å². The standard InChI is InChI=1S/C22H19N3O2/c1-15-6-5-9-18(12-15)21-23-20(27-24-21)14-25(2)22(26)19-11-10-16-7-3-4-8-17(16)13-19/h3-13H,14H2,1-2H3. The number of fused-ring (bicyclic) bond motifs is 1.